The van der Waals surface area contributed by atoms with Crippen LogP contribution in [0.25, 0.3) is 0 Å². The van der Waals surface area contributed by atoms with Gasteiger partial charge in [-0.3, -0.25) is 11.3 Å². The Bertz CT molecular complexity index is 501. The molecule has 0 radical (unpaired) electrons. The zero-order valence-corrected chi connectivity index (χ0v) is 13.4. The molecule has 0 amide bonds. The fraction of sp³-hybridized carbons (Fsp3) is 0.167. The fourth-order valence-corrected chi connectivity index (χ4v) is 3.89. The summed E-state index contributed by atoms with van der Waals surface area (Å²) >= 11 is 12.7. The van der Waals surface area contributed by atoms with Crippen molar-refractivity contribution < 1.29 is 0 Å². The Balaban J connectivity index is 1.97. The van der Waals surface area contributed by atoms with Gasteiger partial charge in [0.05, 0.1) is 10.4 Å². The van der Waals surface area contributed by atoms with E-state index in [-0.39, 0.29) is 6.04 Å². The summed E-state index contributed by atoms with van der Waals surface area (Å²) in [5.41, 5.74) is 2.83. The Hall–Kier alpha value is -0.0400. The molecule has 2 rings (SSSR count). The van der Waals surface area contributed by atoms with E-state index < -0.39 is 0 Å². The largest absolute Gasteiger partial charge is 0.271 e. The number of nitrogens with two attached hydrogens (primary N) is 1. The Morgan fingerprint density at radius 3 is 2.56 bits per heavy atom. The maximum atomic E-state index is 5.93. The Morgan fingerprint density at radius 2 is 2.00 bits per heavy atom. The summed E-state index contributed by atoms with van der Waals surface area (Å²) in [4.78, 5) is 2.38. The van der Waals surface area contributed by atoms with Crippen LogP contribution in [0.4, 0.5) is 0 Å². The molecular formula is C12H12BrClN2S2. The molecule has 0 saturated carbocycles. The molecule has 0 bridgehead atoms. The van der Waals surface area contributed by atoms with Crippen molar-refractivity contribution in [3.63, 3.8) is 0 Å². The van der Waals surface area contributed by atoms with Gasteiger partial charge in [-0.15, -0.1) is 23.1 Å². The van der Waals surface area contributed by atoms with E-state index in [2.05, 4.69) is 33.5 Å². The van der Waals surface area contributed by atoms with Crippen LogP contribution in [-0.4, -0.2) is 5.75 Å². The standard InChI is InChI=1S/C12H12BrClN2S2/c13-8-1-3-9(4-2-8)17-7-10(16-15)11-5-6-12(14)18-11/h1-6,10,16H,7,15H2. The van der Waals surface area contributed by atoms with Crippen LogP contribution < -0.4 is 11.3 Å². The predicted octanol–water partition coefficient (Wildman–Crippen LogP) is 4.46. The van der Waals surface area contributed by atoms with Gasteiger partial charge in [-0.2, -0.15) is 0 Å². The average molecular weight is 364 g/mol. The lowest BCUT2D eigenvalue weighted by molar-refractivity contribution is 0.620. The minimum Gasteiger partial charge on any atom is -0.271 e. The van der Waals surface area contributed by atoms with E-state index in [9.17, 15) is 0 Å². The number of hydrogen-bond acceptors (Lipinski definition) is 4. The monoisotopic (exact) mass is 362 g/mol. The van der Waals surface area contributed by atoms with E-state index in [1.54, 1.807) is 23.1 Å². The van der Waals surface area contributed by atoms with Crippen molar-refractivity contribution >= 4 is 50.6 Å². The Morgan fingerprint density at radius 1 is 1.28 bits per heavy atom. The van der Waals surface area contributed by atoms with Crippen LogP contribution in [0.3, 0.4) is 0 Å². The van der Waals surface area contributed by atoms with Crippen molar-refractivity contribution in [1.82, 2.24) is 5.43 Å². The molecule has 1 aromatic heterocycles. The maximum Gasteiger partial charge on any atom is 0.0931 e. The third-order valence-electron chi connectivity index (χ3n) is 2.37. The molecule has 6 heteroatoms. The van der Waals surface area contributed by atoms with Crippen molar-refractivity contribution in [2.75, 3.05) is 5.75 Å². The number of hydrazine groups is 1. The molecule has 0 aliphatic rings. The first-order valence-corrected chi connectivity index (χ1v) is 8.26. The molecule has 1 unspecified atom stereocenters. The number of rotatable bonds is 5. The smallest absolute Gasteiger partial charge is 0.0931 e. The third-order valence-corrected chi connectivity index (χ3v) is 5.35. The zero-order valence-electron chi connectivity index (χ0n) is 9.40. The van der Waals surface area contributed by atoms with Crippen molar-refractivity contribution in [3.05, 3.63) is 50.1 Å². The summed E-state index contributed by atoms with van der Waals surface area (Å²) in [6.07, 6.45) is 0. The second kappa shape index (κ2) is 6.93. The topological polar surface area (TPSA) is 38.0 Å². The number of halogens is 2. The summed E-state index contributed by atoms with van der Waals surface area (Å²) in [5, 5.41) is 0. The van der Waals surface area contributed by atoms with Gasteiger partial charge in [-0.25, -0.2) is 0 Å². The second-order valence-corrected chi connectivity index (χ2v) is 7.38. The van der Waals surface area contributed by atoms with E-state index in [1.807, 2.05) is 24.3 Å². The second-order valence-electron chi connectivity index (χ2n) is 3.63. The summed E-state index contributed by atoms with van der Waals surface area (Å²) < 4.78 is 1.88. The van der Waals surface area contributed by atoms with Crippen LogP contribution in [-0.2, 0) is 0 Å². The molecule has 3 N–H and O–H groups in total. The molecule has 1 heterocycles. The minimum absolute atomic E-state index is 0.121. The summed E-state index contributed by atoms with van der Waals surface area (Å²) in [7, 11) is 0. The highest BCUT2D eigenvalue weighted by atomic mass is 79.9. The molecule has 1 atom stereocenters. The molecule has 0 aliphatic heterocycles. The minimum atomic E-state index is 0.121. The van der Waals surface area contributed by atoms with Gasteiger partial charge in [0.2, 0.25) is 0 Å². The van der Waals surface area contributed by atoms with Gasteiger partial charge in [0.15, 0.2) is 0 Å². The van der Waals surface area contributed by atoms with Crippen LogP contribution >= 0.6 is 50.6 Å². The maximum absolute atomic E-state index is 5.93. The van der Waals surface area contributed by atoms with Crippen molar-refractivity contribution in [1.29, 1.82) is 0 Å². The van der Waals surface area contributed by atoms with E-state index in [1.165, 1.54) is 4.90 Å². The van der Waals surface area contributed by atoms with Crippen LogP contribution in [0.1, 0.15) is 10.9 Å². The van der Waals surface area contributed by atoms with Gasteiger partial charge >= 0.3 is 0 Å². The van der Waals surface area contributed by atoms with Gasteiger partial charge < -0.3 is 0 Å². The van der Waals surface area contributed by atoms with E-state index in [4.69, 9.17) is 17.4 Å². The quantitative estimate of drug-likeness (QED) is 0.468. The van der Waals surface area contributed by atoms with Gasteiger partial charge in [0.25, 0.3) is 0 Å². The first-order valence-electron chi connectivity index (χ1n) is 5.29. The molecule has 2 nitrogen and oxygen atoms in total. The predicted molar refractivity (Wildman–Crippen MR) is 84.3 cm³/mol. The van der Waals surface area contributed by atoms with Gasteiger partial charge in [0.1, 0.15) is 0 Å². The number of thioether (sulfide) groups is 1. The highest BCUT2D eigenvalue weighted by molar-refractivity contribution is 9.10. The third kappa shape index (κ3) is 3.98. The van der Waals surface area contributed by atoms with E-state index >= 15 is 0 Å². The fourth-order valence-electron chi connectivity index (χ4n) is 1.44. The summed E-state index contributed by atoms with van der Waals surface area (Å²) in [5.74, 6) is 6.47. The normalized spacial score (nSPS) is 12.6. The molecule has 96 valence electrons. The lowest BCUT2D eigenvalue weighted by Crippen LogP contribution is -2.28. The molecule has 18 heavy (non-hydrogen) atoms. The molecule has 2 aromatic rings. The molecular weight excluding hydrogens is 352 g/mol. The first-order chi connectivity index (χ1) is 8.69. The van der Waals surface area contributed by atoms with Gasteiger partial charge in [-0.1, -0.05) is 27.5 Å². The van der Waals surface area contributed by atoms with Crippen LogP contribution in [0, 0.1) is 0 Å². The summed E-state index contributed by atoms with van der Waals surface area (Å²) in [6, 6.07) is 12.3. The average Bonchev–Trinajstić information content (AvgIpc) is 2.79. The lowest BCUT2D eigenvalue weighted by Gasteiger charge is -2.13. The van der Waals surface area contributed by atoms with Crippen molar-refractivity contribution in [3.8, 4) is 0 Å². The molecule has 0 saturated heterocycles. The highest BCUT2D eigenvalue weighted by Crippen LogP contribution is 2.31. The molecule has 1 aromatic carbocycles. The van der Waals surface area contributed by atoms with Gasteiger partial charge in [-0.05, 0) is 36.4 Å². The van der Waals surface area contributed by atoms with Gasteiger partial charge in [0, 0.05) is 20.0 Å². The highest BCUT2D eigenvalue weighted by Gasteiger charge is 2.12. The lowest BCUT2D eigenvalue weighted by atomic mass is 10.3. The van der Waals surface area contributed by atoms with Crippen LogP contribution in [0.5, 0.6) is 0 Å². The van der Waals surface area contributed by atoms with Crippen molar-refractivity contribution in [2.45, 2.75) is 10.9 Å². The molecule has 0 spiro atoms. The summed E-state index contributed by atoms with van der Waals surface area (Å²) in [6.45, 7) is 0. The number of benzene rings is 1. The Kier molecular flexibility index (Phi) is 5.54. The molecule has 0 aliphatic carbocycles. The number of nitrogens with one attached hydrogen (secondary N) is 1. The zero-order chi connectivity index (χ0) is 13.0. The van der Waals surface area contributed by atoms with E-state index in [0.29, 0.717) is 0 Å². The Labute approximate surface area is 128 Å². The number of thiophene rings is 1. The van der Waals surface area contributed by atoms with Crippen LogP contribution in [0.15, 0.2) is 45.8 Å². The SMILES string of the molecule is NNC(CSc1ccc(Br)cc1)c1ccc(Cl)s1. The number of hydrogen-bond donors (Lipinski definition) is 2. The van der Waals surface area contributed by atoms with Crippen molar-refractivity contribution in [2.24, 2.45) is 5.84 Å². The van der Waals surface area contributed by atoms with Crippen LogP contribution in [0.2, 0.25) is 4.34 Å². The first kappa shape index (κ1) is 14.4. The van der Waals surface area contributed by atoms with E-state index in [0.717, 1.165) is 19.4 Å². The molecule has 0 fully saturated rings.